The number of ether oxygens (including phenoxy) is 2. The van der Waals surface area contributed by atoms with Gasteiger partial charge in [-0.05, 0) is 30.0 Å². The normalized spacial score (nSPS) is 11.5. The van der Waals surface area contributed by atoms with E-state index in [1.54, 1.807) is 0 Å². The monoisotopic (exact) mass is 437 g/mol. The number of para-hydroxylation sites is 1. The van der Waals surface area contributed by atoms with E-state index in [1.165, 1.54) is 7.11 Å². The fourth-order valence-electron chi connectivity index (χ4n) is 3.34. The Labute approximate surface area is 186 Å². The highest BCUT2D eigenvalue weighted by Crippen LogP contribution is 2.17. The van der Waals surface area contributed by atoms with E-state index < -0.39 is 18.1 Å². The molecule has 3 aromatic rings. The zero-order chi connectivity index (χ0) is 22.8. The smallest absolute Gasteiger partial charge is 0.408 e. The molecule has 168 valence electrons. The molecular formula is C24H27N3O5. The summed E-state index contributed by atoms with van der Waals surface area (Å²) in [5.74, 6) is -0.841. The van der Waals surface area contributed by atoms with E-state index in [9.17, 15) is 14.4 Å². The van der Waals surface area contributed by atoms with Gasteiger partial charge in [0, 0.05) is 30.1 Å². The Morgan fingerprint density at radius 1 is 1.03 bits per heavy atom. The molecule has 2 amide bonds. The van der Waals surface area contributed by atoms with Crippen LogP contribution in [0, 0.1) is 0 Å². The predicted octanol–water partition coefficient (Wildman–Crippen LogP) is 3.07. The zero-order valence-corrected chi connectivity index (χ0v) is 17.9. The number of H-pyrrole nitrogens is 1. The van der Waals surface area contributed by atoms with E-state index >= 15 is 0 Å². The molecule has 32 heavy (non-hydrogen) atoms. The average Bonchev–Trinajstić information content (AvgIpc) is 3.23. The maximum absolute atomic E-state index is 12.2. The predicted molar refractivity (Wildman–Crippen MR) is 120 cm³/mol. The van der Waals surface area contributed by atoms with Crippen LogP contribution in [0.25, 0.3) is 10.9 Å². The zero-order valence-electron chi connectivity index (χ0n) is 17.9. The van der Waals surface area contributed by atoms with Crippen molar-refractivity contribution in [3.05, 3.63) is 71.9 Å². The first-order valence-electron chi connectivity index (χ1n) is 10.4. The van der Waals surface area contributed by atoms with E-state index in [0.29, 0.717) is 13.0 Å². The minimum Gasteiger partial charge on any atom is -0.467 e. The van der Waals surface area contributed by atoms with Gasteiger partial charge in [-0.1, -0.05) is 48.5 Å². The van der Waals surface area contributed by atoms with E-state index in [4.69, 9.17) is 9.47 Å². The molecule has 2 aromatic carbocycles. The lowest BCUT2D eigenvalue weighted by Gasteiger charge is -2.16. The number of alkyl carbamates (subject to hydrolysis) is 1. The Morgan fingerprint density at radius 3 is 2.56 bits per heavy atom. The Hall–Kier alpha value is -3.81. The van der Waals surface area contributed by atoms with E-state index in [0.717, 1.165) is 22.0 Å². The number of aromatic nitrogens is 1. The van der Waals surface area contributed by atoms with Gasteiger partial charge in [-0.2, -0.15) is 0 Å². The van der Waals surface area contributed by atoms with Gasteiger partial charge in [0.2, 0.25) is 5.91 Å². The van der Waals surface area contributed by atoms with Gasteiger partial charge in [0.15, 0.2) is 0 Å². The molecule has 0 radical (unpaired) electrons. The van der Waals surface area contributed by atoms with Gasteiger partial charge in [-0.3, -0.25) is 4.79 Å². The van der Waals surface area contributed by atoms with Crippen LogP contribution in [0.1, 0.15) is 24.0 Å². The second kappa shape index (κ2) is 11.5. The minimum atomic E-state index is -0.970. The maximum atomic E-state index is 12.2. The highest BCUT2D eigenvalue weighted by Gasteiger charge is 2.23. The molecule has 0 bridgehead atoms. The summed E-state index contributed by atoms with van der Waals surface area (Å²) in [5.41, 5.74) is 3.00. The van der Waals surface area contributed by atoms with Crippen LogP contribution in [0.4, 0.5) is 4.79 Å². The van der Waals surface area contributed by atoms with Crippen molar-refractivity contribution >= 4 is 28.9 Å². The fourth-order valence-corrected chi connectivity index (χ4v) is 3.34. The van der Waals surface area contributed by atoms with Crippen LogP contribution in [-0.4, -0.2) is 42.7 Å². The Balaban J connectivity index is 1.42. The molecule has 8 nitrogen and oxygen atoms in total. The van der Waals surface area contributed by atoms with E-state index in [2.05, 4.69) is 15.6 Å². The Kier molecular flexibility index (Phi) is 8.25. The van der Waals surface area contributed by atoms with E-state index in [1.807, 2.05) is 60.8 Å². The maximum Gasteiger partial charge on any atom is 0.408 e. The molecule has 1 atom stereocenters. The average molecular weight is 437 g/mol. The fraction of sp³-hybridized carbons (Fsp3) is 0.292. The lowest BCUT2D eigenvalue weighted by molar-refractivity contribution is -0.143. The molecule has 0 saturated carbocycles. The lowest BCUT2D eigenvalue weighted by atomic mass is 10.1. The first-order valence-corrected chi connectivity index (χ1v) is 10.4. The number of rotatable bonds is 10. The molecule has 0 aliphatic carbocycles. The third kappa shape index (κ3) is 6.60. The highest BCUT2D eigenvalue weighted by molar-refractivity contribution is 5.84. The number of hydrogen-bond acceptors (Lipinski definition) is 5. The number of benzene rings is 2. The first-order chi connectivity index (χ1) is 15.6. The third-order valence-electron chi connectivity index (χ3n) is 5.04. The van der Waals surface area contributed by atoms with Gasteiger partial charge in [0.05, 0.1) is 7.11 Å². The summed E-state index contributed by atoms with van der Waals surface area (Å²) in [6.45, 7) is 0.547. The molecule has 1 heterocycles. The molecule has 1 aromatic heterocycles. The van der Waals surface area contributed by atoms with Crippen molar-refractivity contribution in [2.75, 3.05) is 13.7 Å². The van der Waals surface area contributed by atoms with Crippen molar-refractivity contribution in [2.45, 2.75) is 31.9 Å². The van der Waals surface area contributed by atoms with Crippen LogP contribution in [0.5, 0.6) is 0 Å². The van der Waals surface area contributed by atoms with Crippen LogP contribution < -0.4 is 10.6 Å². The summed E-state index contributed by atoms with van der Waals surface area (Å²) in [4.78, 5) is 39.5. The topological polar surface area (TPSA) is 110 Å². The summed E-state index contributed by atoms with van der Waals surface area (Å²) in [6.07, 6.45) is 2.04. The van der Waals surface area contributed by atoms with Gasteiger partial charge in [-0.15, -0.1) is 0 Å². The molecule has 0 aliphatic heterocycles. The number of esters is 1. The SMILES string of the molecule is COC(=O)[C@H](CCC(=O)NCCc1c[nH]c2ccccc12)NC(=O)OCc1ccccc1. The number of amides is 2. The summed E-state index contributed by atoms with van der Waals surface area (Å²) in [6, 6.07) is 16.2. The molecule has 0 saturated heterocycles. The second-order valence-corrected chi connectivity index (χ2v) is 7.28. The molecule has 8 heteroatoms. The van der Waals surface area contributed by atoms with Gasteiger partial charge in [0.1, 0.15) is 12.6 Å². The number of nitrogens with one attached hydrogen (secondary N) is 3. The number of carbonyl (C=O) groups is 3. The largest absolute Gasteiger partial charge is 0.467 e. The van der Waals surface area contributed by atoms with Crippen molar-refractivity contribution in [1.29, 1.82) is 0 Å². The van der Waals surface area contributed by atoms with Crippen LogP contribution in [0.3, 0.4) is 0 Å². The van der Waals surface area contributed by atoms with Crippen molar-refractivity contribution in [3.8, 4) is 0 Å². The minimum absolute atomic E-state index is 0.0621. The number of carbonyl (C=O) groups excluding carboxylic acids is 3. The molecule has 0 spiro atoms. The second-order valence-electron chi connectivity index (χ2n) is 7.28. The van der Waals surface area contributed by atoms with Crippen LogP contribution in [0.15, 0.2) is 60.8 Å². The Morgan fingerprint density at radius 2 is 1.78 bits per heavy atom. The first kappa shape index (κ1) is 22.9. The van der Waals surface area contributed by atoms with Crippen molar-refractivity contribution in [3.63, 3.8) is 0 Å². The summed E-state index contributed by atoms with van der Waals surface area (Å²) in [5, 5.41) is 6.45. The van der Waals surface area contributed by atoms with Gasteiger partial charge in [0.25, 0.3) is 0 Å². The molecule has 0 unspecified atom stereocenters. The number of methoxy groups -OCH3 is 1. The molecule has 3 rings (SSSR count). The van der Waals surface area contributed by atoms with Crippen LogP contribution >= 0.6 is 0 Å². The third-order valence-corrected chi connectivity index (χ3v) is 5.04. The summed E-state index contributed by atoms with van der Waals surface area (Å²) in [7, 11) is 1.23. The molecule has 3 N–H and O–H groups in total. The Bertz CT molecular complexity index is 1050. The standard InChI is InChI=1S/C24H27N3O5/c1-31-23(29)21(27-24(30)32-16-17-7-3-2-4-8-17)11-12-22(28)25-14-13-18-15-26-20-10-6-5-9-19(18)20/h2-10,15,21,26H,11-14,16H2,1H3,(H,25,28)(H,27,30)/t21-/m0/s1. The highest BCUT2D eigenvalue weighted by atomic mass is 16.6. The van der Waals surface area contributed by atoms with Gasteiger partial charge in [-0.25, -0.2) is 9.59 Å². The summed E-state index contributed by atoms with van der Waals surface area (Å²) >= 11 is 0. The van der Waals surface area contributed by atoms with E-state index in [-0.39, 0.29) is 25.4 Å². The number of fused-ring (bicyclic) bond motifs is 1. The van der Waals surface area contributed by atoms with Crippen molar-refractivity contribution in [1.82, 2.24) is 15.6 Å². The van der Waals surface area contributed by atoms with Crippen molar-refractivity contribution in [2.24, 2.45) is 0 Å². The molecule has 0 aliphatic rings. The number of hydrogen-bond donors (Lipinski definition) is 3. The molecule has 0 fully saturated rings. The summed E-state index contributed by atoms with van der Waals surface area (Å²) < 4.78 is 9.87. The van der Waals surface area contributed by atoms with Crippen LogP contribution in [0.2, 0.25) is 0 Å². The van der Waals surface area contributed by atoms with Crippen LogP contribution in [-0.2, 0) is 32.1 Å². The van der Waals surface area contributed by atoms with Gasteiger partial charge < -0.3 is 25.1 Å². The number of aromatic amines is 1. The van der Waals surface area contributed by atoms with Gasteiger partial charge >= 0.3 is 12.1 Å². The lowest BCUT2D eigenvalue weighted by Crippen LogP contribution is -2.42. The quantitative estimate of drug-likeness (QED) is 0.422. The molecular weight excluding hydrogens is 410 g/mol. The van der Waals surface area contributed by atoms with Crippen molar-refractivity contribution < 1.29 is 23.9 Å².